The Balaban J connectivity index is 2.42. The van der Waals surface area contributed by atoms with Crippen LogP contribution in [0.2, 0.25) is 0 Å². The van der Waals surface area contributed by atoms with Crippen molar-refractivity contribution in [1.82, 2.24) is 9.97 Å². The lowest BCUT2D eigenvalue weighted by Gasteiger charge is -2.06. The van der Waals surface area contributed by atoms with Crippen molar-refractivity contribution < 1.29 is 4.92 Å². The van der Waals surface area contributed by atoms with Crippen LogP contribution in [0.25, 0.3) is 11.3 Å². The number of rotatable bonds is 5. The second-order valence-corrected chi connectivity index (χ2v) is 4.02. The molecule has 2 rings (SSSR count). The molecule has 0 aliphatic heterocycles. The van der Waals surface area contributed by atoms with Crippen LogP contribution in [0.5, 0.6) is 0 Å². The van der Waals surface area contributed by atoms with Crippen LogP contribution in [0.1, 0.15) is 13.3 Å². The van der Waals surface area contributed by atoms with Crippen LogP contribution in [-0.2, 0) is 0 Å². The lowest BCUT2D eigenvalue weighted by Crippen LogP contribution is -2.03. The third-order valence-corrected chi connectivity index (χ3v) is 2.53. The first-order valence-electron chi connectivity index (χ1n) is 6.01. The molecule has 6 heteroatoms. The van der Waals surface area contributed by atoms with Crippen molar-refractivity contribution in [2.45, 2.75) is 13.3 Å². The molecule has 0 spiro atoms. The lowest BCUT2D eigenvalue weighted by molar-refractivity contribution is -0.384. The first-order chi connectivity index (χ1) is 9.20. The molecule has 0 aromatic carbocycles. The molecule has 0 fully saturated rings. The summed E-state index contributed by atoms with van der Waals surface area (Å²) in [6.45, 7) is 2.74. The summed E-state index contributed by atoms with van der Waals surface area (Å²) < 4.78 is 0. The smallest absolute Gasteiger partial charge is 0.275 e. The Kier molecular flexibility index (Phi) is 4.02. The predicted molar refractivity (Wildman–Crippen MR) is 72.9 cm³/mol. The van der Waals surface area contributed by atoms with Gasteiger partial charge in [0.25, 0.3) is 5.69 Å². The SMILES string of the molecule is CCCNc1cc([N+](=O)[O-])cc(-c2cccnc2)n1. The highest BCUT2D eigenvalue weighted by atomic mass is 16.6. The van der Waals surface area contributed by atoms with Crippen LogP contribution in [0, 0.1) is 10.1 Å². The van der Waals surface area contributed by atoms with Gasteiger partial charge in [0.1, 0.15) is 5.82 Å². The number of anilines is 1. The molecule has 1 N–H and O–H groups in total. The molecule has 0 saturated carbocycles. The molecular weight excluding hydrogens is 244 g/mol. The Labute approximate surface area is 110 Å². The van der Waals surface area contributed by atoms with Gasteiger partial charge in [-0.15, -0.1) is 0 Å². The van der Waals surface area contributed by atoms with Gasteiger partial charge in [0.05, 0.1) is 16.7 Å². The van der Waals surface area contributed by atoms with Gasteiger partial charge in [0.15, 0.2) is 0 Å². The zero-order chi connectivity index (χ0) is 13.7. The third-order valence-electron chi connectivity index (χ3n) is 2.53. The number of hydrogen-bond donors (Lipinski definition) is 1. The minimum atomic E-state index is -0.418. The van der Waals surface area contributed by atoms with E-state index < -0.39 is 4.92 Å². The van der Waals surface area contributed by atoms with Crippen molar-refractivity contribution >= 4 is 11.5 Å². The Morgan fingerprint density at radius 1 is 1.42 bits per heavy atom. The minimum Gasteiger partial charge on any atom is -0.370 e. The molecule has 0 aliphatic carbocycles. The molecule has 2 aromatic heterocycles. The van der Waals surface area contributed by atoms with Crippen molar-refractivity contribution in [1.29, 1.82) is 0 Å². The molecule has 0 unspecified atom stereocenters. The summed E-state index contributed by atoms with van der Waals surface area (Å²) in [5.41, 5.74) is 1.32. The molecule has 98 valence electrons. The monoisotopic (exact) mass is 258 g/mol. The summed E-state index contributed by atoms with van der Waals surface area (Å²) in [5.74, 6) is 0.509. The van der Waals surface area contributed by atoms with Crippen molar-refractivity contribution in [2.75, 3.05) is 11.9 Å². The Morgan fingerprint density at radius 3 is 2.89 bits per heavy atom. The normalized spacial score (nSPS) is 10.2. The van der Waals surface area contributed by atoms with Gasteiger partial charge in [-0.25, -0.2) is 4.98 Å². The maximum absolute atomic E-state index is 10.9. The van der Waals surface area contributed by atoms with Gasteiger partial charge >= 0.3 is 0 Å². The minimum absolute atomic E-state index is 0.0208. The number of aromatic nitrogens is 2. The Hall–Kier alpha value is -2.50. The van der Waals surface area contributed by atoms with E-state index in [1.165, 1.54) is 12.1 Å². The molecule has 0 aliphatic rings. The Bertz CT molecular complexity index is 572. The van der Waals surface area contributed by atoms with Gasteiger partial charge in [0.2, 0.25) is 0 Å². The van der Waals surface area contributed by atoms with Crippen LogP contribution in [0.3, 0.4) is 0 Å². The van der Waals surface area contributed by atoms with E-state index in [1.807, 2.05) is 13.0 Å². The van der Waals surface area contributed by atoms with Gasteiger partial charge in [-0.1, -0.05) is 6.92 Å². The maximum atomic E-state index is 10.9. The molecule has 6 nitrogen and oxygen atoms in total. The molecule has 0 radical (unpaired) electrons. The third kappa shape index (κ3) is 3.25. The second kappa shape index (κ2) is 5.90. The fourth-order valence-electron chi connectivity index (χ4n) is 1.63. The molecule has 19 heavy (non-hydrogen) atoms. The second-order valence-electron chi connectivity index (χ2n) is 4.02. The van der Waals surface area contributed by atoms with Gasteiger partial charge in [-0.05, 0) is 18.6 Å². The van der Waals surface area contributed by atoms with E-state index in [2.05, 4.69) is 15.3 Å². The predicted octanol–water partition coefficient (Wildman–Crippen LogP) is 2.87. The molecule has 0 saturated heterocycles. The van der Waals surface area contributed by atoms with E-state index in [4.69, 9.17) is 0 Å². The highest BCUT2D eigenvalue weighted by molar-refractivity contribution is 5.64. The molecule has 0 atom stereocenters. The van der Waals surface area contributed by atoms with Gasteiger partial charge in [-0.3, -0.25) is 15.1 Å². The fraction of sp³-hybridized carbons (Fsp3) is 0.231. The van der Waals surface area contributed by atoms with Crippen LogP contribution in [0.4, 0.5) is 11.5 Å². The standard InChI is InChI=1S/C13H14N4O2/c1-2-5-15-13-8-11(17(18)19)7-12(16-13)10-4-3-6-14-9-10/h3-4,6-9H,2,5H2,1H3,(H,15,16). The van der Waals surface area contributed by atoms with Crippen molar-refractivity contribution in [3.63, 3.8) is 0 Å². The average Bonchev–Trinajstić information content (AvgIpc) is 2.45. The van der Waals surface area contributed by atoms with Gasteiger partial charge < -0.3 is 5.32 Å². The molecule has 2 heterocycles. The average molecular weight is 258 g/mol. The molecular formula is C13H14N4O2. The quantitative estimate of drug-likeness (QED) is 0.658. The maximum Gasteiger partial charge on any atom is 0.275 e. The van der Waals surface area contributed by atoms with E-state index >= 15 is 0 Å². The number of nitro groups is 1. The number of nitrogens with one attached hydrogen (secondary N) is 1. The number of pyridine rings is 2. The largest absolute Gasteiger partial charge is 0.370 e. The van der Waals surface area contributed by atoms with Crippen molar-refractivity contribution in [2.24, 2.45) is 0 Å². The summed E-state index contributed by atoms with van der Waals surface area (Å²) in [6, 6.07) is 6.49. The summed E-state index contributed by atoms with van der Waals surface area (Å²) >= 11 is 0. The van der Waals surface area contributed by atoms with Crippen LogP contribution < -0.4 is 5.32 Å². The van der Waals surface area contributed by atoms with Crippen molar-refractivity contribution in [3.05, 3.63) is 46.8 Å². The van der Waals surface area contributed by atoms with E-state index in [0.29, 0.717) is 11.5 Å². The van der Waals surface area contributed by atoms with E-state index in [9.17, 15) is 10.1 Å². The van der Waals surface area contributed by atoms with Crippen LogP contribution >= 0.6 is 0 Å². The highest BCUT2D eigenvalue weighted by Crippen LogP contribution is 2.24. The van der Waals surface area contributed by atoms with Crippen LogP contribution in [0.15, 0.2) is 36.7 Å². The summed E-state index contributed by atoms with van der Waals surface area (Å²) in [6.07, 6.45) is 4.21. The highest BCUT2D eigenvalue weighted by Gasteiger charge is 2.12. The Morgan fingerprint density at radius 2 is 2.26 bits per heavy atom. The first-order valence-corrected chi connectivity index (χ1v) is 6.01. The first kappa shape index (κ1) is 12.9. The summed E-state index contributed by atoms with van der Waals surface area (Å²) in [5, 5.41) is 14.0. The number of hydrogen-bond acceptors (Lipinski definition) is 5. The van der Waals surface area contributed by atoms with Crippen LogP contribution in [-0.4, -0.2) is 21.4 Å². The summed E-state index contributed by atoms with van der Waals surface area (Å²) in [7, 11) is 0. The zero-order valence-electron chi connectivity index (χ0n) is 10.5. The van der Waals surface area contributed by atoms with Gasteiger partial charge in [-0.2, -0.15) is 0 Å². The fourth-order valence-corrected chi connectivity index (χ4v) is 1.63. The molecule has 2 aromatic rings. The van der Waals surface area contributed by atoms with Gasteiger partial charge in [0, 0.05) is 30.6 Å². The van der Waals surface area contributed by atoms with Crippen molar-refractivity contribution in [3.8, 4) is 11.3 Å². The number of nitrogens with zero attached hydrogens (tertiary/aromatic N) is 3. The van der Waals surface area contributed by atoms with E-state index in [-0.39, 0.29) is 5.69 Å². The van der Waals surface area contributed by atoms with E-state index in [0.717, 1.165) is 18.5 Å². The molecule has 0 bridgehead atoms. The van der Waals surface area contributed by atoms with E-state index in [1.54, 1.807) is 18.5 Å². The lowest BCUT2D eigenvalue weighted by atomic mass is 10.2. The zero-order valence-corrected chi connectivity index (χ0v) is 10.5. The topological polar surface area (TPSA) is 81.0 Å². The molecule has 0 amide bonds. The summed E-state index contributed by atoms with van der Waals surface area (Å²) in [4.78, 5) is 18.9.